The molecule has 0 bridgehead atoms. The van der Waals surface area contributed by atoms with E-state index < -0.39 is 0 Å². The Bertz CT molecular complexity index is 671. The quantitative estimate of drug-likeness (QED) is 0.849. The molecule has 6 nitrogen and oxygen atoms in total. The van der Waals surface area contributed by atoms with Gasteiger partial charge in [0.05, 0.1) is 10.6 Å². The molecule has 2 fully saturated rings. The second-order valence-corrected chi connectivity index (χ2v) is 7.21. The molecule has 1 amide bonds. The lowest BCUT2D eigenvalue weighted by atomic mass is 10.2. The van der Waals surface area contributed by atoms with E-state index in [0.29, 0.717) is 0 Å². The monoisotopic (exact) mass is 347 g/mol. The molecule has 0 spiro atoms. The van der Waals surface area contributed by atoms with Gasteiger partial charge >= 0.3 is 0 Å². The second-order valence-electron chi connectivity index (χ2n) is 6.26. The van der Waals surface area contributed by atoms with Gasteiger partial charge in [0.2, 0.25) is 0 Å². The highest BCUT2D eigenvalue weighted by Crippen LogP contribution is 2.25. The maximum atomic E-state index is 12.4. The molecule has 2 saturated heterocycles. The van der Waals surface area contributed by atoms with Gasteiger partial charge in [0.25, 0.3) is 5.91 Å². The van der Waals surface area contributed by atoms with Gasteiger partial charge < -0.3 is 14.2 Å². The zero-order valence-electron chi connectivity index (χ0n) is 13.5. The maximum absolute atomic E-state index is 12.4. The van der Waals surface area contributed by atoms with E-state index in [0.717, 1.165) is 68.5 Å². The lowest BCUT2D eigenvalue weighted by Crippen LogP contribution is -2.51. The van der Waals surface area contributed by atoms with Crippen LogP contribution in [0, 0.1) is 0 Å². The molecule has 0 N–H and O–H groups in total. The van der Waals surface area contributed by atoms with Crippen LogP contribution in [-0.4, -0.2) is 59.8 Å². The van der Waals surface area contributed by atoms with E-state index in [2.05, 4.69) is 10.1 Å². The molecule has 0 saturated carbocycles. The van der Waals surface area contributed by atoms with Crippen molar-refractivity contribution in [3.63, 3.8) is 0 Å². The first-order valence-electron chi connectivity index (χ1n) is 8.42. The van der Waals surface area contributed by atoms with E-state index >= 15 is 0 Å². The first kappa shape index (κ1) is 15.8. The van der Waals surface area contributed by atoms with Crippen molar-refractivity contribution in [2.45, 2.75) is 25.5 Å². The third-order valence-corrected chi connectivity index (χ3v) is 5.48. The number of nitrogens with zero attached hydrogens (tertiary/aromatic N) is 3. The summed E-state index contributed by atoms with van der Waals surface area (Å²) >= 11 is 1.65. The summed E-state index contributed by atoms with van der Waals surface area (Å²) < 4.78 is 10.9. The molecule has 0 aliphatic carbocycles. The van der Waals surface area contributed by atoms with E-state index in [-0.39, 0.29) is 12.0 Å². The highest BCUT2D eigenvalue weighted by atomic mass is 32.1. The molecule has 0 unspecified atom stereocenters. The topological polar surface area (TPSA) is 58.8 Å². The molecule has 1 atom stereocenters. The van der Waals surface area contributed by atoms with Crippen LogP contribution in [0.15, 0.2) is 28.1 Å². The molecule has 2 aliphatic heterocycles. The van der Waals surface area contributed by atoms with E-state index in [1.165, 1.54) is 0 Å². The number of hydrogen-bond acceptors (Lipinski definition) is 6. The van der Waals surface area contributed by atoms with E-state index in [1.54, 1.807) is 11.3 Å². The molecule has 4 heterocycles. The van der Waals surface area contributed by atoms with Crippen LogP contribution in [-0.2, 0) is 16.1 Å². The zero-order valence-corrected chi connectivity index (χ0v) is 14.3. The molecule has 0 aromatic carbocycles. The van der Waals surface area contributed by atoms with Crippen molar-refractivity contribution >= 4 is 17.2 Å². The highest BCUT2D eigenvalue weighted by molar-refractivity contribution is 7.13. The van der Waals surface area contributed by atoms with E-state index in [9.17, 15) is 4.79 Å². The number of piperazine rings is 1. The molecular formula is C17H21N3O3S. The molecule has 24 heavy (non-hydrogen) atoms. The normalized spacial score (nSPS) is 22.2. The summed E-state index contributed by atoms with van der Waals surface area (Å²) in [5.41, 5.74) is 0.942. The van der Waals surface area contributed by atoms with Gasteiger partial charge in [-0.1, -0.05) is 11.2 Å². The van der Waals surface area contributed by atoms with Gasteiger partial charge in [-0.05, 0) is 24.3 Å². The fourth-order valence-electron chi connectivity index (χ4n) is 3.25. The Labute approximate surface area is 145 Å². The maximum Gasteiger partial charge on any atom is 0.251 e. The molecule has 2 aromatic heterocycles. The number of aromatic nitrogens is 1. The number of carbonyl (C=O) groups excluding carboxylic acids is 1. The van der Waals surface area contributed by atoms with Crippen LogP contribution in [0.5, 0.6) is 0 Å². The van der Waals surface area contributed by atoms with Crippen LogP contribution in [0.1, 0.15) is 18.5 Å². The third-order valence-electron chi connectivity index (χ3n) is 4.60. The largest absolute Gasteiger partial charge is 0.368 e. The Morgan fingerprint density at radius 3 is 2.92 bits per heavy atom. The Kier molecular flexibility index (Phi) is 4.64. The van der Waals surface area contributed by atoms with Crippen LogP contribution in [0.2, 0.25) is 0 Å². The first-order chi connectivity index (χ1) is 11.8. The molecule has 0 radical (unpaired) electrons. The number of hydrogen-bond donors (Lipinski definition) is 0. The lowest BCUT2D eigenvalue weighted by molar-refractivity contribution is -0.142. The summed E-state index contributed by atoms with van der Waals surface area (Å²) in [7, 11) is 0. The molecule has 4 rings (SSSR count). The third kappa shape index (κ3) is 3.38. The molecule has 2 aromatic rings. The number of rotatable bonds is 4. The number of thiophene rings is 1. The van der Waals surface area contributed by atoms with Crippen molar-refractivity contribution in [2.24, 2.45) is 0 Å². The van der Waals surface area contributed by atoms with Gasteiger partial charge in [0.15, 0.2) is 5.76 Å². The van der Waals surface area contributed by atoms with Gasteiger partial charge in [0.1, 0.15) is 6.10 Å². The van der Waals surface area contributed by atoms with Crippen LogP contribution in [0.25, 0.3) is 10.6 Å². The van der Waals surface area contributed by atoms with Gasteiger partial charge in [0, 0.05) is 45.4 Å². The highest BCUT2D eigenvalue weighted by Gasteiger charge is 2.30. The lowest BCUT2D eigenvalue weighted by Gasteiger charge is -2.35. The summed E-state index contributed by atoms with van der Waals surface area (Å²) in [5, 5.41) is 6.20. The van der Waals surface area contributed by atoms with Crippen LogP contribution in [0.3, 0.4) is 0 Å². The zero-order chi connectivity index (χ0) is 16.4. The fourth-order valence-corrected chi connectivity index (χ4v) is 3.93. The second kappa shape index (κ2) is 7.04. The van der Waals surface area contributed by atoms with Crippen molar-refractivity contribution < 1.29 is 14.1 Å². The van der Waals surface area contributed by atoms with Crippen molar-refractivity contribution in [2.75, 3.05) is 32.8 Å². The minimum atomic E-state index is -0.208. The summed E-state index contributed by atoms with van der Waals surface area (Å²) in [6.45, 7) is 4.72. The minimum absolute atomic E-state index is 0.161. The van der Waals surface area contributed by atoms with Crippen LogP contribution in [0.4, 0.5) is 0 Å². The number of carbonyl (C=O) groups is 1. The Balaban J connectivity index is 1.29. The average Bonchev–Trinajstić information content (AvgIpc) is 3.36. The van der Waals surface area contributed by atoms with Gasteiger partial charge in [-0.15, -0.1) is 11.3 Å². The Morgan fingerprint density at radius 2 is 2.21 bits per heavy atom. The van der Waals surface area contributed by atoms with Crippen molar-refractivity contribution in [3.8, 4) is 10.6 Å². The predicted molar refractivity (Wildman–Crippen MR) is 90.6 cm³/mol. The van der Waals surface area contributed by atoms with Gasteiger partial charge in [-0.3, -0.25) is 9.69 Å². The van der Waals surface area contributed by atoms with Crippen LogP contribution < -0.4 is 0 Å². The van der Waals surface area contributed by atoms with Crippen molar-refractivity contribution in [1.82, 2.24) is 15.0 Å². The van der Waals surface area contributed by atoms with Crippen molar-refractivity contribution in [1.29, 1.82) is 0 Å². The van der Waals surface area contributed by atoms with Gasteiger partial charge in [-0.2, -0.15) is 0 Å². The SMILES string of the molecule is O=C([C@@H]1CCCO1)N1CCN(Cc2cc(-c3cccs3)on2)CC1. The van der Waals surface area contributed by atoms with Crippen LogP contribution >= 0.6 is 11.3 Å². The molecule has 7 heteroatoms. The molecule has 128 valence electrons. The number of amides is 1. The van der Waals surface area contributed by atoms with Crippen molar-refractivity contribution in [3.05, 3.63) is 29.3 Å². The standard InChI is InChI=1S/C17H21N3O3S/c21-17(14-3-1-9-22-14)20-7-5-19(6-8-20)12-13-11-15(23-18-13)16-4-2-10-24-16/h2,4,10-11,14H,1,3,5-9,12H2/t14-/m0/s1. The minimum Gasteiger partial charge on any atom is -0.368 e. The first-order valence-corrected chi connectivity index (χ1v) is 9.30. The summed E-state index contributed by atoms with van der Waals surface area (Å²) in [5.74, 6) is 0.987. The van der Waals surface area contributed by atoms with E-state index in [1.807, 2.05) is 28.5 Å². The molecule has 2 aliphatic rings. The fraction of sp³-hybridized carbons (Fsp3) is 0.529. The summed E-state index contributed by atoms with van der Waals surface area (Å²) in [6.07, 6.45) is 1.65. The predicted octanol–water partition coefficient (Wildman–Crippen LogP) is 2.23. The van der Waals surface area contributed by atoms with Gasteiger partial charge in [-0.25, -0.2) is 0 Å². The Hall–Kier alpha value is -1.70. The Morgan fingerprint density at radius 1 is 1.33 bits per heavy atom. The smallest absolute Gasteiger partial charge is 0.251 e. The number of ether oxygens (including phenoxy) is 1. The molecular weight excluding hydrogens is 326 g/mol. The van der Waals surface area contributed by atoms with E-state index in [4.69, 9.17) is 9.26 Å². The average molecular weight is 347 g/mol. The summed E-state index contributed by atoms with van der Waals surface area (Å²) in [6, 6.07) is 6.05. The summed E-state index contributed by atoms with van der Waals surface area (Å²) in [4.78, 5) is 17.7.